The van der Waals surface area contributed by atoms with Gasteiger partial charge in [0.05, 0.1) is 30.5 Å². The number of halogens is 6. The van der Waals surface area contributed by atoms with E-state index >= 15 is 4.79 Å². The van der Waals surface area contributed by atoms with Gasteiger partial charge < -0.3 is 33.6 Å². The highest BCUT2D eigenvalue weighted by Gasteiger charge is 2.56. The third-order valence-corrected chi connectivity index (χ3v) is 10.9. The van der Waals surface area contributed by atoms with Gasteiger partial charge in [-0.25, -0.2) is 4.98 Å². The molecule has 2 atom stereocenters. The number of ether oxygens (including phenoxy) is 4. The minimum atomic E-state index is -4.95. The molecule has 2 unspecified atom stereocenters. The zero-order valence-corrected chi connectivity index (χ0v) is 31.0. The number of carbonyl (C=O) groups excluding carboxylic acids is 2. The molecule has 0 saturated carbocycles. The van der Waals surface area contributed by atoms with Gasteiger partial charge in [0.25, 0.3) is 11.8 Å². The number of piperazine rings is 1. The third-order valence-electron chi connectivity index (χ3n) is 9.92. The smallest absolute Gasteiger partial charge is 0.425 e. The summed E-state index contributed by atoms with van der Waals surface area (Å²) < 4.78 is 108. The highest BCUT2D eigenvalue weighted by molar-refractivity contribution is 7.10. The summed E-state index contributed by atoms with van der Waals surface area (Å²) in [6, 6.07) is 7.74. The molecule has 6 rings (SSSR count). The number of amides is 2. The van der Waals surface area contributed by atoms with E-state index in [9.17, 15) is 31.1 Å². The monoisotopic (exact) mass is 796 g/mol. The van der Waals surface area contributed by atoms with Gasteiger partial charge in [-0.15, -0.1) is 11.3 Å². The van der Waals surface area contributed by atoms with Crippen LogP contribution >= 0.6 is 11.3 Å². The summed E-state index contributed by atoms with van der Waals surface area (Å²) in [6.07, 6.45) is -3.35. The highest BCUT2D eigenvalue weighted by Crippen LogP contribution is 2.44. The maximum atomic E-state index is 15.1. The Morgan fingerprint density at radius 1 is 0.982 bits per heavy atom. The van der Waals surface area contributed by atoms with Crippen LogP contribution in [-0.2, 0) is 21.9 Å². The normalized spacial score (nSPS) is 21.4. The molecule has 10 nitrogen and oxygen atoms in total. The molecule has 55 heavy (non-hydrogen) atoms. The molecule has 2 aromatic heterocycles. The van der Waals surface area contributed by atoms with Crippen LogP contribution in [0.2, 0.25) is 0 Å². The van der Waals surface area contributed by atoms with Gasteiger partial charge in [-0.3, -0.25) is 9.59 Å². The summed E-state index contributed by atoms with van der Waals surface area (Å²) >= 11 is 0.398. The van der Waals surface area contributed by atoms with Crippen LogP contribution in [-0.4, -0.2) is 97.9 Å². The number of anilines is 1. The number of thiophene rings is 1. The Labute approximate surface area is 318 Å². The van der Waals surface area contributed by atoms with E-state index in [2.05, 4.69) is 9.88 Å². The molecule has 0 aliphatic carbocycles. The van der Waals surface area contributed by atoms with Crippen molar-refractivity contribution in [2.24, 2.45) is 0 Å². The first-order chi connectivity index (χ1) is 26.3. The number of alkyl halides is 6. The molecule has 0 radical (unpaired) electrons. The van der Waals surface area contributed by atoms with Crippen LogP contribution in [0.4, 0.5) is 32.0 Å². The molecule has 2 saturated heterocycles. The molecule has 2 fully saturated rings. The summed E-state index contributed by atoms with van der Waals surface area (Å²) in [7, 11) is 1.57. The number of methoxy groups -OCH3 is 1. The number of nitrogens with zero attached hydrogens (tertiary/aromatic N) is 4. The molecule has 0 bridgehead atoms. The summed E-state index contributed by atoms with van der Waals surface area (Å²) in [5.74, 6) is -1.72. The van der Waals surface area contributed by atoms with Crippen molar-refractivity contribution in [3.63, 3.8) is 0 Å². The van der Waals surface area contributed by atoms with E-state index in [1.165, 1.54) is 4.90 Å². The Morgan fingerprint density at radius 2 is 1.76 bits per heavy atom. The Hall–Kier alpha value is -4.51. The maximum Gasteiger partial charge on any atom is 0.425 e. The number of piperidine rings is 1. The van der Waals surface area contributed by atoms with Crippen molar-refractivity contribution in [3.05, 3.63) is 76.1 Å². The summed E-state index contributed by atoms with van der Waals surface area (Å²) in [5, 5.41) is 1.15. The quantitative estimate of drug-likeness (QED) is 0.132. The van der Waals surface area contributed by atoms with Gasteiger partial charge in [0.15, 0.2) is 0 Å². The van der Waals surface area contributed by atoms with E-state index < -0.39 is 57.7 Å². The first-order valence-electron chi connectivity index (χ1n) is 18.1. The fourth-order valence-electron chi connectivity index (χ4n) is 7.30. The number of aromatic nitrogens is 1. The first kappa shape index (κ1) is 40.2. The molecule has 3 aliphatic heterocycles. The third kappa shape index (κ3) is 8.98. The largest absolute Gasteiger partial charge is 0.489 e. The number of allylic oxidation sites excluding steroid dienone is 1. The molecule has 17 heteroatoms. The van der Waals surface area contributed by atoms with Gasteiger partial charge in [-0.1, -0.05) is 24.3 Å². The summed E-state index contributed by atoms with van der Waals surface area (Å²) in [4.78, 5) is 37.5. The van der Waals surface area contributed by atoms with Crippen LogP contribution in [0.1, 0.15) is 59.3 Å². The van der Waals surface area contributed by atoms with E-state index in [0.717, 1.165) is 23.3 Å². The van der Waals surface area contributed by atoms with Gasteiger partial charge in [-0.05, 0) is 50.3 Å². The molecule has 3 aliphatic rings. The number of hydrogen-bond donors (Lipinski definition) is 0. The van der Waals surface area contributed by atoms with E-state index in [1.54, 1.807) is 18.1 Å². The fraction of sp³-hybridized carbons (Fsp3) is 0.500. The zero-order chi connectivity index (χ0) is 39.2. The van der Waals surface area contributed by atoms with Gasteiger partial charge in [0.2, 0.25) is 11.5 Å². The van der Waals surface area contributed by atoms with Gasteiger partial charge in [0, 0.05) is 63.9 Å². The van der Waals surface area contributed by atoms with Crippen LogP contribution in [0.25, 0.3) is 0 Å². The molecule has 5 heterocycles. The Morgan fingerprint density at radius 3 is 2.49 bits per heavy atom. The van der Waals surface area contributed by atoms with Crippen LogP contribution in [0.15, 0.2) is 60.1 Å². The van der Waals surface area contributed by atoms with Crippen LogP contribution in [0.3, 0.4) is 0 Å². The standard InChI is InChI=1S/C38H42F6N4O6S/c1-51-22-23-52-29-11-7-6-10-28(29)46-17-19-47(20-18-46)35(50)36(54-26-24-31(55-25-26)38(42,43)44)14-9-16-48-30(36)12-5-3-2-4-8-21-53-33-32(34(48)49)27(13-15-45-33)37(39,40)41/h3,5-7,10-11,13,15,24-25,30H,2,4,8-9,12,14,16-23H2,1H3. The number of fused-ring (bicyclic) bond motifs is 2. The van der Waals surface area contributed by atoms with Crippen LogP contribution in [0.5, 0.6) is 17.4 Å². The highest BCUT2D eigenvalue weighted by atomic mass is 32.1. The second kappa shape index (κ2) is 17.1. The van der Waals surface area contributed by atoms with Gasteiger partial charge in [-0.2, -0.15) is 26.3 Å². The van der Waals surface area contributed by atoms with E-state index in [1.807, 2.05) is 30.3 Å². The number of benzene rings is 1. The Bertz CT molecular complexity index is 1830. The lowest BCUT2D eigenvalue weighted by Gasteiger charge is -2.50. The maximum absolute atomic E-state index is 15.1. The fourth-order valence-corrected chi connectivity index (χ4v) is 7.98. The Balaban J connectivity index is 1.39. The molecule has 0 N–H and O–H groups in total. The number of hydrogen-bond acceptors (Lipinski definition) is 9. The molecular weight excluding hydrogens is 754 g/mol. The second-order valence-electron chi connectivity index (χ2n) is 13.4. The summed E-state index contributed by atoms with van der Waals surface area (Å²) in [5.41, 5.74) is -3.20. The van der Waals surface area contributed by atoms with Crippen molar-refractivity contribution in [1.29, 1.82) is 0 Å². The number of para-hydroxylation sites is 2. The zero-order valence-electron chi connectivity index (χ0n) is 30.2. The SMILES string of the molecule is COCCOc1ccccc1N1CCN(C(=O)C2(Oc3csc(C(F)(F)F)c3)CCCN3C(=O)c4c(C(F)(F)F)ccnc4OCCCCC=CCC32)CC1. The summed E-state index contributed by atoms with van der Waals surface area (Å²) in [6.45, 7) is 1.78. The lowest BCUT2D eigenvalue weighted by molar-refractivity contribution is -0.159. The van der Waals surface area contributed by atoms with Gasteiger partial charge in [0.1, 0.15) is 28.5 Å². The van der Waals surface area contributed by atoms with Crippen molar-refractivity contribution in [1.82, 2.24) is 14.8 Å². The van der Waals surface area contributed by atoms with E-state index in [-0.39, 0.29) is 51.3 Å². The average molecular weight is 797 g/mol. The van der Waals surface area contributed by atoms with Crippen molar-refractivity contribution in [2.45, 2.75) is 62.5 Å². The van der Waals surface area contributed by atoms with Crippen LogP contribution in [0, 0.1) is 0 Å². The molecular formula is C38H42F6N4O6S. The minimum absolute atomic E-state index is 0.00969. The molecule has 1 aromatic carbocycles. The van der Waals surface area contributed by atoms with Gasteiger partial charge >= 0.3 is 12.4 Å². The predicted octanol–water partition coefficient (Wildman–Crippen LogP) is 7.49. The molecule has 298 valence electrons. The lowest BCUT2D eigenvalue weighted by Crippen LogP contribution is -2.69. The van der Waals surface area contributed by atoms with Crippen molar-refractivity contribution < 1.29 is 54.9 Å². The minimum Gasteiger partial charge on any atom is -0.489 e. The van der Waals surface area contributed by atoms with Crippen LogP contribution < -0.4 is 19.1 Å². The van der Waals surface area contributed by atoms with E-state index in [0.29, 0.717) is 68.7 Å². The van der Waals surface area contributed by atoms with Crippen molar-refractivity contribution in [2.75, 3.05) is 64.6 Å². The Kier molecular flexibility index (Phi) is 12.5. The lowest BCUT2D eigenvalue weighted by atomic mass is 9.80. The average Bonchev–Trinajstić information content (AvgIpc) is 3.65. The first-order valence-corrected chi connectivity index (χ1v) is 19.0. The second-order valence-corrected chi connectivity index (χ2v) is 14.3. The number of rotatable bonds is 8. The van der Waals surface area contributed by atoms with Crippen molar-refractivity contribution >= 4 is 28.8 Å². The molecule has 2 amide bonds. The number of carbonyl (C=O) groups is 2. The predicted molar refractivity (Wildman–Crippen MR) is 192 cm³/mol. The topological polar surface area (TPSA) is 93.7 Å². The van der Waals surface area contributed by atoms with Crippen molar-refractivity contribution in [3.8, 4) is 17.4 Å². The molecule has 3 aromatic rings. The number of pyridine rings is 1. The van der Waals surface area contributed by atoms with E-state index in [4.69, 9.17) is 18.9 Å². The molecule has 0 spiro atoms.